The summed E-state index contributed by atoms with van der Waals surface area (Å²) >= 11 is 3.39. The minimum atomic E-state index is -0.376. The molecule has 3 aromatic rings. The van der Waals surface area contributed by atoms with Gasteiger partial charge in [0.15, 0.2) is 5.76 Å². The molecule has 0 saturated carbocycles. The van der Waals surface area contributed by atoms with Crippen LogP contribution in [0.1, 0.15) is 16.3 Å². The molecule has 6 nitrogen and oxygen atoms in total. The molecule has 0 saturated heterocycles. The Hall–Kier alpha value is -2.93. The highest BCUT2D eigenvalue weighted by Crippen LogP contribution is 2.26. The molecule has 2 aromatic carbocycles. The molecule has 3 rings (SSSR count). The molecule has 0 fully saturated rings. The van der Waals surface area contributed by atoms with Crippen molar-refractivity contribution in [3.05, 3.63) is 70.6 Å². The number of hydrogen-bond donors (Lipinski definition) is 1. The van der Waals surface area contributed by atoms with Crippen LogP contribution in [0.15, 0.2) is 63.5 Å². The molecular weight excluding hydrogens is 414 g/mol. The molecule has 0 bridgehead atoms. The van der Waals surface area contributed by atoms with Crippen molar-refractivity contribution in [3.63, 3.8) is 0 Å². The number of ether oxygens (including phenoxy) is 3. The van der Waals surface area contributed by atoms with Crippen molar-refractivity contribution in [3.8, 4) is 17.2 Å². The zero-order chi connectivity index (χ0) is 19.2. The number of carbonyl (C=O) groups is 1. The van der Waals surface area contributed by atoms with Gasteiger partial charge in [0, 0.05) is 28.4 Å². The highest BCUT2D eigenvalue weighted by molar-refractivity contribution is 9.10. The first-order valence-electron chi connectivity index (χ1n) is 8.09. The number of methoxy groups -OCH3 is 2. The Labute approximate surface area is 165 Å². The second-order valence-corrected chi connectivity index (χ2v) is 6.48. The summed E-state index contributed by atoms with van der Waals surface area (Å²) in [7, 11) is 3.09. The monoisotopic (exact) mass is 431 g/mol. The fraction of sp³-hybridized carbons (Fsp3) is 0.150. The minimum absolute atomic E-state index is 0.185. The van der Waals surface area contributed by atoms with Crippen LogP contribution < -0.4 is 19.5 Å². The minimum Gasteiger partial charge on any atom is -0.497 e. The molecule has 27 heavy (non-hydrogen) atoms. The van der Waals surface area contributed by atoms with Crippen LogP contribution in [-0.4, -0.2) is 20.1 Å². The summed E-state index contributed by atoms with van der Waals surface area (Å²) in [6.07, 6.45) is 0. The number of nitrogens with one attached hydrogen (secondary N) is 1. The highest BCUT2D eigenvalue weighted by atomic mass is 79.9. The van der Waals surface area contributed by atoms with E-state index in [0.29, 0.717) is 28.7 Å². The largest absolute Gasteiger partial charge is 0.497 e. The Balaban J connectivity index is 1.64. The molecule has 1 N–H and O–H groups in total. The summed E-state index contributed by atoms with van der Waals surface area (Å²) in [5.74, 6) is 2.21. The van der Waals surface area contributed by atoms with Gasteiger partial charge in [0.25, 0.3) is 5.91 Å². The zero-order valence-electron chi connectivity index (χ0n) is 14.8. The fourth-order valence-electron chi connectivity index (χ4n) is 2.36. The first-order chi connectivity index (χ1) is 13.1. The summed E-state index contributed by atoms with van der Waals surface area (Å²) < 4.78 is 22.5. The van der Waals surface area contributed by atoms with Gasteiger partial charge in [-0.1, -0.05) is 22.0 Å². The predicted molar refractivity (Wildman–Crippen MR) is 105 cm³/mol. The fourth-order valence-corrected chi connectivity index (χ4v) is 2.74. The van der Waals surface area contributed by atoms with Crippen LogP contribution in [0.25, 0.3) is 0 Å². The predicted octanol–water partition coefficient (Wildman–Crippen LogP) is 4.89. The van der Waals surface area contributed by atoms with Gasteiger partial charge in [0.2, 0.25) is 0 Å². The van der Waals surface area contributed by atoms with Gasteiger partial charge in [0.1, 0.15) is 29.6 Å². The van der Waals surface area contributed by atoms with Crippen LogP contribution in [-0.2, 0) is 6.61 Å². The lowest BCUT2D eigenvalue weighted by atomic mass is 10.2. The van der Waals surface area contributed by atoms with Gasteiger partial charge in [-0.2, -0.15) is 0 Å². The number of halogens is 1. The van der Waals surface area contributed by atoms with E-state index in [2.05, 4.69) is 21.2 Å². The molecule has 1 aromatic heterocycles. The van der Waals surface area contributed by atoms with E-state index < -0.39 is 0 Å². The molecule has 0 unspecified atom stereocenters. The van der Waals surface area contributed by atoms with Crippen LogP contribution in [0.5, 0.6) is 17.2 Å². The van der Waals surface area contributed by atoms with Gasteiger partial charge in [0.05, 0.1) is 14.2 Å². The van der Waals surface area contributed by atoms with Gasteiger partial charge in [-0.05, 0) is 30.3 Å². The van der Waals surface area contributed by atoms with E-state index in [-0.39, 0.29) is 18.3 Å². The molecule has 140 valence electrons. The lowest BCUT2D eigenvalue weighted by molar-refractivity contribution is 0.0992. The Morgan fingerprint density at radius 1 is 1.00 bits per heavy atom. The van der Waals surface area contributed by atoms with Crippen LogP contribution >= 0.6 is 15.9 Å². The van der Waals surface area contributed by atoms with Crippen LogP contribution in [0.3, 0.4) is 0 Å². The van der Waals surface area contributed by atoms with Gasteiger partial charge in [-0.15, -0.1) is 0 Å². The van der Waals surface area contributed by atoms with Gasteiger partial charge in [-0.25, -0.2) is 0 Å². The molecule has 0 spiro atoms. The molecule has 0 radical (unpaired) electrons. The van der Waals surface area contributed by atoms with Crippen molar-refractivity contribution in [2.45, 2.75) is 6.61 Å². The normalized spacial score (nSPS) is 10.3. The first-order valence-corrected chi connectivity index (χ1v) is 8.88. The zero-order valence-corrected chi connectivity index (χ0v) is 16.4. The third-order valence-electron chi connectivity index (χ3n) is 3.67. The quantitative estimate of drug-likeness (QED) is 0.576. The van der Waals surface area contributed by atoms with Gasteiger partial charge >= 0.3 is 0 Å². The third-order valence-corrected chi connectivity index (χ3v) is 4.17. The number of amides is 1. The van der Waals surface area contributed by atoms with E-state index in [4.69, 9.17) is 18.6 Å². The molecule has 1 heterocycles. The summed E-state index contributed by atoms with van der Waals surface area (Å²) in [5.41, 5.74) is 0.541. The topological polar surface area (TPSA) is 69.9 Å². The second kappa shape index (κ2) is 8.64. The summed E-state index contributed by atoms with van der Waals surface area (Å²) in [4.78, 5) is 12.4. The molecule has 7 heteroatoms. The van der Waals surface area contributed by atoms with E-state index in [1.54, 1.807) is 44.6 Å². The average molecular weight is 432 g/mol. The summed E-state index contributed by atoms with van der Waals surface area (Å²) in [5, 5.41) is 2.76. The maximum absolute atomic E-state index is 12.4. The number of benzene rings is 2. The van der Waals surface area contributed by atoms with Crippen molar-refractivity contribution >= 4 is 27.5 Å². The van der Waals surface area contributed by atoms with Gasteiger partial charge in [-0.3, -0.25) is 4.79 Å². The molecule has 0 aliphatic carbocycles. The second-order valence-electron chi connectivity index (χ2n) is 5.57. The van der Waals surface area contributed by atoms with E-state index in [0.717, 1.165) is 4.47 Å². The summed E-state index contributed by atoms with van der Waals surface area (Å²) in [6.45, 7) is 0.219. The maximum atomic E-state index is 12.4. The molecule has 0 atom stereocenters. The van der Waals surface area contributed by atoms with Crippen molar-refractivity contribution in [2.75, 3.05) is 19.5 Å². The van der Waals surface area contributed by atoms with Crippen LogP contribution in [0, 0.1) is 0 Å². The molecule has 1 amide bonds. The molecule has 0 aliphatic heterocycles. The van der Waals surface area contributed by atoms with Gasteiger partial charge < -0.3 is 23.9 Å². The molecule has 0 aliphatic rings. The Morgan fingerprint density at radius 2 is 1.74 bits per heavy atom. The number of furan rings is 1. The van der Waals surface area contributed by atoms with Crippen molar-refractivity contribution in [2.24, 2.45) is 0 Å². The third kappa shape index (κ3) is 5.04. The number of hydrogen-bond acceptors (Lipinski definition) is 5. The Bertz CT molecular complexity index is 915. The van der Waals surface area contributed by atoms with E-state index >= 15 is 0 Å². The average Bonchev–Trinajstić information content (AvgIpc) is 3.15. The number of rotatable bonds is 7. The smallest absolute Gasteiger partial charge is 0.291 e. The standard InChI is InChI=1S/C20H18BrNO5/c1-24-17-9-14(10-18(11-17)25-2)22-20(23)19-7-6-16(27-19)12-26-15-5-3-4-13(21)8-15/h3-11H,12H2,1-2H3,(H,22,23). The summed E-state index contributed by atoms with van der Waals surface area (Å²) in [6, 6.07) is 15.9. The van der Waals surface area contributed by atoms with E-state index in [1.807, 2.05) is 24.3 Å². The van der Waals surface area contributed by atoms with Crippen molar-refractivity contribution < 1.29 is 23.4 Å². The van der Waals surface area contributed by atoms with E-state index in [1.165, 1.54) is 0 Å². The van der Waals surface area contributed by atoms with Crippen molar-refractivity contribution in [1.29, 1.82) is 0 Å². The lowest BCUT2D eigenvalue weighted by Crippen LogP contribution is -2.11. The van der Waals surface area contributed by atoms with E-state index in [9.17, 15) is 4.79 Å². The van der Waals surface area contributed by atoms with Crippen LogP contribution in [0.2, 0.25) is 0 Å². The highest BCUT2D eigenvalue weighted by Gasteiger charge is 2.13. The molecular formula is C20H18BrNO5. The van der Waals surface area contributed by atoms with Crippen LogP contribution in [0.4, 0.5) is 5.69 Å². The Kier molecular flexibility index (Phi) is 6.03. The number of anilines is 1. The maximum Gasteiger partial charge on any atom is 0.291 e. The first kappa shape index (κ1) is 18.8. The SMILES string of the molecule is COc1cc(NC(=O)c2ccc(COc3cccc(Br)c3)o2)cc(OC)c1. The Morgan fingerprint density at radius 3 is 2.41 bits per heavy atom. The van der Waals surface area contributed by atoms with Crippen molar-refractivity contribution in [1.82, 2.24) is 0 Å². The number of carbonyl (C=O) groups excluding carboxylic acids is 1. The lowest BCUT2D eigenvalue weighted by Gasteiger charge is -2.09.